The number of aliphatic carboxylic acids is 1. The van der Waals surface area contributed by atoms with Crippen LogP contribution in [0.15, 0.2) is 24.3 Å². The Labute approximate surface area is 147 Å². The number of hydrogen-bond donors (Lipinski definition) is 2. The van der Waals surface area contributed by atoms with E-state index in [9.17, 15) is 19.5 Å². The molecule has 3 rings (SSSR count). The Morgan fingerprint density at radius 2 is 1.88 bits per heavy atom. The van der Waals surface area contributed by atoms with Gasteiger partial charge in [-0.05, 0) is 30.9 Å². The van der Waals surface area contributed by atoms with E-state index in [1.54, 1.807) is 0 Å². The van der Waals surface area contributed by atoms with Crippen molar-refractivity contribution in [3.8, 4) is 0 Å². The van der Waals surface area contributed by atoms with Crippen LogP contribution in [0.1, 0.15) is 44.1 Å². The van der Waals surface area contributed by atoms with Crippen LogP contribution in [0.2, 0.25) is 0 Å². The Morgan fingerprint density at radius 3 is 2.68 bits per heavy atom. The zero-order chi connectivity index (χ0) is 17.8. The van der Waals surface area contributed by atoms with Gasteiger partial charge in [-0.2, -0.15) is 0 Å². The normalized spacial score (nSPS) is 23.5. The first-order valence-corrected chi connectivity index (χ1v) is 8.96. The average molecular weight is 344 g/mol. The van der Waals surface area contributed by atoms with E-state index in [0.717, 1.165) is 30.5 Å². The van der Waals surface area contributed by atoms with E-state index in [2.05, 4.69) is 5.32 Å². The summed E-state index contributed by atoms with van der Waals surface area (Å²) in [4.78, 5) is 37.8. The maximum Gasteiger partial charge on any atom is 0.308 e. The maximum absolute atomic E-state index is 12.5. The zero-order valence-electron chi connectivity index (χ0n) is 14.2. The topological polar surface area (TPSA) is 86.7 Å². The highest BCUT2D eigenvalue weighted by Crippen LogP contribution is 2.27. The van der Waals surface area contributed by atoms with Gasteiger partial charge in [0.25, 0.3) is 0 Å². The summed E-state index contributed by atoms with van der Waals surface area (Å²) in [5.41, 5.74) is 1.84. The maximum atomic E-state index is 12.5. The van der Waals surface area contributed by atoms with Gasteiger partial charge in [0.2, 0.25) is 11.8 Å². The number of anilines is 1. The number of carboxylic acid groups (broad SMARTS) is 1. The summed E-state index contributed by atoms with van der Waals surface area (Å²) in [6.45, 7) is -0.0569. The second-order valence-electron chi connectivity index (χ2n) is 6.87. The Bertz CT molecular complexity index is 673. The Morgan fingerprint density at radius 1 is 1.12 bits per heavy atom. The largest absolute Gasteiger partial charge is 0.481 e. The Kier molecular flexibility index (Phi) is 5.36. The zero-order valence-corrected chi connectivity index (χ0v) is 14.2. The fourth-order valence-electron chi connectivity index (χ4n) is 3.84. The molecule has 6 nitrogen and oxygen atoms in total. The van der Waals surface area contributed by atoms with Gasteiger partial charge in [-0.15, -0.1) is 0 Å². The summed E-state index contributed by atoms with van der Waals surface area (Å²) < 4.78 is 0. The van der Waals surface area contributed by atoms with Crippen LogP contribution in [0, 0.1) is 5.92 Å². The molecule has 2 N–H and O–H groups in total. The quantitative estimate of drug-likeness (QED) is 0.819. The lowest BCUT2D eigenvalue weighted by atomic mass is 9.95. The van der Waals surface area contributed by atoms with E-state index in [-0.39, 0.29) is 24.4 Å². The minimum absolute atomic E-state index is 0.0569. The Hall–Kier alpha value is -2.37. The minimum Gasteiger partial charge on any atom is -0.481 e. The third-order valence-electron chi connectivity index (χ3n) is 5.17. The number of nitrogens with one attached hydrogen (secondary N) is 1. The molecule has 0 aromatic heterocycles. The smallest absolute Gasteiger partial charge is 0.308 e. The summed E-state index contributed by atoms with van der Waals surface area (Å²) in [7, 11) is 0. The molecule has 2 atom stereocenters. The summed E-state index contributed by atoms with van der Waals surface area (Å²) in [6, 6.07) is 7.25. The molecule has 1 aromatic rings. The molecule has 2 aliphatic rings. The van der Waals surface area contributed by atoms with Crippen molar-refractivity contribution in [1.29, 1.82) is 0 Å². The van der Waals surface area contributed by atoms with Crippen LogP contribution in [0.5, 0.6) is 0 Å². The fraction of sp³-hybridized carbons (Fsp3) is 0.526. The molecule has 1 aromatic carbocycles. The van der Waals surface area contributed by atoms with E-state index in [1.807, 2.05) is 24.3 Å². The summed E-state index contributed by atoms with van der Waals surface area (Å²) in [5, 5.41) is 12.3. The van der Waals surface area contributed by atoms with Crippen LogP contribution in [0.3, 0.4) is 0 Å². The molecule has 0 spiro atoms. The van der Waals surface area contributed by atoms with Crippen LogP contribution in [-0.2, 0) is 20.8 Å². The van der Waals surface area contributed by atoms with Crippen molar-refractivity contribution in [2.24, 2.45) is 5.92 Å². The van der Waals surface area contributed by atoms with E-state index in [1.165, 1.54) is 4.90 Å². The van der Waals surface area contributed by atoms with E-state index < -0.39 is 11.9 Å². The number of carbonyl (C=O) groups excluding carboxylic acids is 2. The second-order valence-corrected chi connectivity index (χ2v) is 6.87. The van der Waals surface area contributed by atoms with Gasteiger partial charge in [0.1, 0.15) is 6.54 Å². The lowest BCUT2D eigenvalue weighted by Gasteiger charge is -2.30. The summed E-state index contributed by atoms with van der Waals surface area (Å²) in [5.74, 6) is -1.75. The van der Waals surface area contributed by atoms with E-state index in [4.69, 9.17) is 0 Å². The number of para-hydroxylation sites is 1. The van der Waals surface area contributed by atoms with Crippen LogP contribution in [0.25, 0.3) is 0 Å². The molecule has 1 saturated carbocycles. The van der Waals surface area contributed by atoms with Crippen LogP contribution in [0.4, 0.5) is 5.69 Å². The molecule has 1 aliphatic heterocycles. The van der Waals surface area contributed by atoms with Crippen molar-refractivity contribution >= 4 is 23.5 Å². The number of fused-ring (bicyclic) bond motifs is 1. The van der Waals surface area contributed by atoms with Crippen molar-refractivity contribution < 1.29 is 19.5 Å². The predicted molar refractivity (Wildman–Crippen MR) is 93.3 cm³/mol. The van der Waals surface area contributed by atoms with Gasteiger partial charge in [-0.3, -0.25) is 14.4 Å². The third kappa shape index (κ3) is 4.00. The molecule has 1 fully saturated rings. The minimum atomic E-state index is -0.855. The molecule has 6 heteroatoms. The van der Waals surface area contributed by atoms with Gasteiger partial charge in [0.05, 0.1) is 5.92 Å². The highest BCUT2D eigenvalue weighted by atomic mass is 16.4. The standard InChI is InChI=1S/C19H24N2O4/c22-17(20-15-8-3-1-2-7-14(15)19(24)25)12-21-16-9-5-4-6-13(16)10-11-18(21)23/h4-6,9,14-15H,1-3,7-8,10-12H2,(H,20,22)(H,24,25)/t14-,15+/m1/s1. The molecule has 2 amide bonds. The SMILES string of the molecule is O=C(CN1C(=O)CCc2ccccc21)N[C@H]1CCCCC[C@H]1C(=O)O. The van der Waals surface area contributed by atoms with Crippen LogP contribution in [-0.4, -0.2) is 35.5 Å². The van der Waals surface area contributed by atoms with Gasteiger partial charge in [-0.1, -0.05) is 37.5 Å². The molecule has 25 heavy (non-hydrogen) atoms. The first kappa shape index (κ1) is 17.5. The number of carbonyl (C=O) groups is 3. The highest BCUT2D eigenvalue weighted by Gasteiger charge is 2.32. The molecular formula is C19H24N2O4. The number of rotatable bonds is 4. The fourth-order valence-corrected chi connectivity index (χ4v) is 3.84. The van der Waals surface area contributed by atoms with Crippen molar-refractivity contribution in [2.75, 3.05) is 11.4 Å². The lowest BCUT2D eigenvalue weighted by Crippen LogP contribution is -2.48. The van der Waals surface area contributed by atoms with E-state index in [0.29, 0.717) is 25.7 Å². The van der Waals surface area contributed by atoms with Crippen molar-refractivity contribution in [2.45, 2.75) is 51.0 Å². The van der Waals surface area contributed by atoms with Crippen LogP contribution < -0.4 is 10.2 Å². The number of aryl methyl sites for hydroxylation is 1. The van der Waals surface area contributed by atoms with Crippen LogP contribution >= 0.6 is 0 Å². The van der Waals surface area contributed by atoms with Gasteiger partial charge in [0.15, 0.2) is 0 Å². The first-order chi connectivity index (χ1) is 12.1. The molecular weight excluding hydrogens is 320 g/mol. The predicted octanol–water partition coefficient (Wildman–Crippen LogP) is 2.12. The second kappa shape index (κ2) is 7.68. The van der Waals surface area contributed by atoms with Gasteiger partial charge < -0.3 is 15.3 Å². The molecule has 0 radical (unpaired) electrons. The molecule has 134 valence electrons. The number of carboxylic acids is 1. The number of amides is 2. The van der Waals surface area contributed by atoms with Crippen molar-refractivity contribution in [3.63, 3.8) is 0 Å². The first-order valence-electron chi connectivity index (χ1n) is 8.96. The van der Waals surface area contributed by atoms with Crippen molar-refractivity contribution in [1.82, 2.24) is 5.32 Å². The van der Waals surface area contributed by atoms with Gasteiger partial charge >= 0.3 is 5.97 Å². The third-order valence-corrected chi connectivity index (χ3v) is 5.17. The van der Waals surface area contributed by atoms with Gasteiger partial charge in [-0.25, -0.2) is 0 Å². The molecule has 1 aliphatic carbocycles. The van der Waals surface area contributed by atoms with Gasteiger partial charge in [0, 0.05) is 18.2 Å². The molecule has 1 heterocycles. The lowest BCUT2D eigenvalue weighted by molar-refractivity contribution is -0.143. The summed E-state index contributed by atoms with van der Waals surface area (Å²) >= 11 is 0. The Balaban J connectivity index is 1.69. The number of nitrogens with zero attached hydrogens (tertiary/aromatic N) is 1. The number of hydrogen-bond acceptors (Lipinski definition) is 3. The molecule has 0 bridgehead atoms. The highest BCUT2D eigenvalue weighted by molar-refractivity contribution is 6.01. The summed E-state index contributed by atoms with van der Waals surface area (Å²) in [6.07, 6.45) is 5.14. The average Bonchev–Trinajstić information content (AvgIpc) is 2.83. The molecule has 0 saturated heterocycles. The monoisotopic (exact) mass is 344 g/mol. The molecule has 0 unspecified atom stereocenters. The van der Waals surface area contributed by atoms with Crippen molar-refractivity contribution in [3.05, 3.63) is 29.8 Å². The number of benzene rings is 1. The van der Waals surface area contributed by atoms with E-state index >= 15 is 0 Å².